The smallest absolute Gasteiger partial charge is 0.416 e. The summed E-state index contributed by atoms with van der Waals surface area (Å²) >= 11 is 0. The summed E-state index contributed by atoms with van der Waals surface area (Å²) in [6.45, 7) is 1.53. The monoisotopic (exact) mass is 511 g/mol. The topological polar surface area (TPSA) is 82.7 Å². The number of carbonyl (C=O) groups excluding carboxylic acids is 2. The number of aromatic nitrogens is 1. The first-order chi connectivity index (χ1) is 17.6. The number of rotatable bonds is 4. The van der Waals surface area contributed by atoms with Crippen LogP contribution < -0.4 is 10.3 Å². The maximum absolute atomic E-state index is 13.2. The summed E-state index contributed by atoms with van der Waals surface area (Å²) in [5.74, 6) is 0.217. The van der Waals surface area contributed by atoms with Gasteiger partial charge in [-0.3, -0.25) is 14.4 Å². The molecule has 0 aliphatic carbocycles. The number of hydrogen-bond acceptors (Lipinski definition) is 4. The van der Waals surface area contributed by atoms with Gasteiger partial charge in [0.05, 0.1) is 11.1 Å². The molecular formula is C27H24F3N3O4. The van der Waals surface area contributed by atoms with E-state index in [9.17, 15) is 27.6 Å². The molecule has 2 fully saturated rings. The highest BCUT2D eigenvalue weighted by Gasteiger charge is 2.50. The number of piperidine rings is 1. The van der Waals surface area contributed by atoms with Gasteiger partial charge in [-0.15, -0.1) is 0 Å². The van der Waals surface area contributed by atoms with Crippen LogP contribution in [0.1, 0.15) is 45.7 Å². The summed E-state index contributed by atoms with van der Waals surface area (Å²) in [6.07, 6.45) is -2.12. The van der Waals surface area contributed by atoms with Crippen molar-refractivity contribution < 1.29 is 27.5 Å². The van der Waals surface area contributed by atoms with E-state index in [1.165, 1.54) is 18.2 Å². The number of pyridine rings is 1. The zero-order valence-corrected chi connectivity index (χ0v) is 19.8. The minimum Gasteiger partial charge on any atom is -0.457 e. The van der Waals surface area contributed by atoms with Gasteiger partial charge in [-0.2, -0.15) is 13.2 Å². The van der Waals surface area contributed by atoms with E-state index in [4.69, 9.17) is 4.74 Å². The molecule has 3 aromatic rings. The minimum atomic E-state index is -4.42. The minimum absolute atomic E-state index is 0.174. The lowest BCUT2D eigenvalue weighted by molar-refractivity contribution is -0.137. The lowest BCUT2D eigenvalue weighted by Crippen LogP contribution is -2.69. The standard InChI is InChI=1S/C27H24F3N3O4/c28-27(29,30)19-7-11-21(12-8-19)37-20-9-5-18(6-10-20)24(35)32-15-2-13-26(17-32)14-16-33(26)25(36)22-3-1-4-23(34)31-22/h1,3-12H,2,13-17H2,(H,31,34). The van der Waals surface area contributed by atoms with Gasteiger partial charge >= 0.3 is 6.18 Å². The van der Waals surface area contributed by atoms with E-state index in [0.29, 0.717) is 30.9 Å². The van der Waals surface area contributed by atoms with E-state index in [2.05, 4.69) is 4.98 Å². The number of halogens is 3. The Morgan fingerprint density at radius 3 is 2.14 bits per heavy atom. The van der Waals surface area contributed by atoms with Crippen molar-refractivity contribution in [2.45, 2.75) is 31.0 Å². The number of hydrogen-bond donors (Lipinski definition) is 1. The highest BCUT2D eigenvalue weighted by molar-refractivity contribution is 5.95. The van der Waals surface area contributed by atoms with Crippen LogP contribution in [0.5, 0.6) is 11.5 Å². The van der Waals surface area contributed by atoms with Gasteiger partial charge in [0.15, 0.2) is 0 Å². The van der Waals surface area contributed by atoms with Crippen molar-refractivity contribution in [3.05, 3.63) is 93.9 Å². The molecular weight excluding hydrogens is 487 g/mol. The van der Waals surface area contributed by atoms with Crippen LogP contribution in [-0.4, -0.2) is 51.8 Å². The van der Waals surface area contributed by atoms with E-state index in [-0.39, 0.29) is 28.8 Å². The number of benzene rings is 2. The number of likely N-dealkylation sites (tertiary alicyclic amines) is 2. The first-order valence-electron chi connectivity index (χ1n) is 11.9. The highest BCUT2D eigenvalue weighted by atomic mass is 19.4. The van der Waals surface area contributed by atoms with Crippen LogP contribution in [0, 0.1) is 0 Å². The summed E-state index contributed by atoms with van der Waals surface area (Å²) in [7, 11) is 0. The molecule has 2 aliphatic heterocycles. The Hall–Kier alpha value is -4.08. The SMILES string of the molecule is O=C(c1ccc(Oc2ccc(C(F)(F)F)cc2)cc1)N1CCCC2(CCN2C(=O)c2cccc(=O)[nH]2)C1. The molecule has 2 saturated heterocycles. The second-order valence-corrected chi connectivity index (χ2v) is 9.34. The Morgan fingerprint density at radius 2 is 1.54 bits per heavy atom. The number of amides is 2. The normalized spacial score (nSPS) is 19.4. The molecule has 2 aliphatic rings. The predicted molar refractivity (Wildman–Crippen MR) is 129 cm³/mol. The Balaban J connectivity index is 1.24. The molecule has 0 saturated carbocycles. The Bertz CT molecular complexity index is 1370. The molecule has 10 heteroatoms. The molecule has 0 radical (unpaired) electrons. The van der Waals surface area contributed by atoms with E-state index >= 15 is 0 Å². The van der Waals surface area contributed by atoms with Crippen molar-refractivity contribution in [2.75, 3.05) is 19.6 Å². The van der Waals surface area contributed by atoms with Crippen molar-refractivity contribution in [2.24, 2.45) is 0 Å². The summed E-state index contributed by atoms with van der Waals surface area (Å²) in [5, 5.41) is 0. The largest absolute Gasteiger partial charge is 0.457 e. The molecule has 192 valence electrons. The second kappa shape index (κ2) is 9.42. The van der Waals surface area contributed by atoms with Gasteiger partial charge in [0.1, 0.15) is 17.2 Å². The lowest BCUT2D eigenvalue weighted by atomic mass is 9.77. The summed E-state index contributed by atoms with van der Waals surface area (Å²) < 4.78 is 43.8. The zero-order chi connectivity index (χ0) is 26.2. The van der Waals surface area contributed by atoms with Crippen LogP contribution in [0.25, 0.3) is 0 Å². The van der Waals surface area contributed by atoms with Crippen molar-refractivity contribution >= 4 is 11.8 Å². The average molecular weight is 512 g/mol. The van der Waals surface area contributed by atoms with Crippen molar-refractivity contribution in [3.63, 3.8) is 0 Å². The zero-order valence-electron chi connectivity index (χ0n) is 19.8. The predicted octanol–water partition coefficient (Wildman–Crippen LogP) is 4.71. The lowest BCUT2D eigenvalue weighted by Gasteiger charge is -2.56. The van der Waals surface area contributed by atoms with Gasteiger partial charge in [-0.05, 0) is 73.9 Å². The molecule has 7 nitrogen and oxygen atoms in total. The molecule has 0 bridgehead atoms. The molecule has 37 heavy (non-hydrogen) atoms. The number of nitrogens with zero attached hydrogens (tertiary/aromatic N) is 2. The molecule has 1 N–H and O–H groups in total. The molecule has 1 atom stereocenters. The Morgan fingerprint density at radius 1 is 0.865 bits per heavy atom. The fourth-order valence-corrected chi connectivity index (χ4v) is 4.98. The van der Waals surface area contributed by atoms with Gasteiger partial charge in [0.25, 0.3) is 11.8 Å². The van der Waals surface area contributed by atoms with E-state index in [0.717, 1.165) is 31.4 Å². The van der Waals surface area contributed by atoms with E-state index < -0.39 is 17.3 Å². The quantitative estimate of drug-likeness (QED) is 0.550. The van der Waals surface area contributed by atoms with Crippen LogP contribution in [0.3, 0.4) is 0 Å². The van der Waals surface area contributed by atoms with Gasteiger partial charge in [0.2, 0.25) is 5.56 Å². The fourth-order valence-electron chi connectivity index (χ4n) is 4.98. The first-order valence-corrected chi connectivity index (χ1v) is 11.9. The van der Waals surface area contributed by atoms with Crippen LogP contribution in [0.15, 0.2) is 71.5 Å². The average Bonchev–Trinajstić information content (AvgIpc) is 2.88. The van der Waals surface area contributed by atoms with Gasteiger partial charge in [0, 0.05) is 31.3 Å². The fraction of sp³-hybridized carbons (Fsp3) is 0.296. The van der Waals surface area contributed by atoms with Crippen LogP contribution >= 0.6 is 0 Å². The highest BCUT2D eigenvalue weighted by Crippen LogP contribution is 2.40. The molecule has 2 aromatic carbocycles. The van der Waals surface area contributed by atoms with Crippen LogP contribution in [0.2, 0.25) is 0 Å². The number of ether oxygens (including phenoxy) is 1. The van der Waals surface area contributed by atoms with E-state index in [1.54, 1.807) is 46.2 Å². The third-order valence-electron chi connectivity index (χ3n) is 6.98. The Kier molecular flexibility index (Phi) is 6.26. The molecule has 5 rings (SSSR count). The number of carbonyl (C=O) groups is 2. The van der Waals surface area contributed by atoms with Gasteiger partial charge in [-0.1, -0.05) is 6.07 Å². The number of H-pyrrole nitrogens is 1. The van der Waals surface area contributed by atoms with Gasteiger partial charge < -0.3 is 19.5 Å². The summed E-state index contributed by atoms with van der Waals surface area (Å²) in [4.78, 5) is 44.0. The summed E-state index contributed by atoms with van der Waals surface area (Å²) in [6, 6.07) is 15.3. The van der Waals surface area contributed by atoms with Crippen molar-refractivity contribution in [3.8, 4) is 11.5 Å². The molecule has 1 aromatic heterocycles. The van der Waals surface area contributed by atoms with Crippen molar-refractivity contribution in [1.82, 2.24) is 14.8 Å². The molecule has 1 unspecified atom stereocenters. The van der Waals surface area contributed by atoms with Gasteiger partial charge in [-0.25, -0.2) is 0 Å². The van der Waals surface area contributed by atoms with Crippen LogP contribution in [0.4, 0.5) is 13.2 Å². The molecule has 1 spiro atoms. The Labute approximate surface area is 210 Å². The van der Waals surface area contributed by atoms with Crippen molar-refractivity contribution in [1.29, 1.82) is 0 Å². The molecule has 2 amide bonds. The second-order valence-electron chi connectivity index (χ2n) is 9.34. The van der Waals surface area contributed by atoms with Crippen LogP contribution in [-0.2, 0) is 6.18 Å². The first kappa shape index (κ1) is 24.6. The summed E-state index contributed by atoms with van der Waals surface area (Å²) in [5.41, 5.74) is -0.876. The third kappa shape index (κ3) is 4.96. The number of nitrogens with one attached hydrogen (secondary N) is 1. The van der Waals surface area contributed by atoms with E-state index in [1.807, 2.05) is 0 Å². The maximum Gasteiger partial charge on any atom is 0.416 e. The molecule has 3 heterocycles. The number of aromatic amines is 1. The maximum atomic E-state index is 13.2. The number of alkyl halides is 3. The third-order valence-corrected chi connectivity index (χ3v) is 6.98.